The molecule has 1 N–H and O–H groups in total. The van der Waals surface area contributed by atoms with Gasteiger partial charge in [-0.3, -0.25) is 10.1 Å². The fourth-order valence-corrected chi connectivity index (χ4v) is 2.57. The van der Waals surface area contributed by atoms with Gasteiger partial charge in [-0.1, -0.05) is 20.8 Å². The third-order valence-corrected chi connectivity index (χ3v) is 3.92. The number of nitrogens with one attached hydrogen (secondary N) is 1. The van der Waals surface area contributed by atoms with Gasteiger partial charge in [0.1, 0.15) is 0 Å². The van der Waals surface area contributed by atoms with Gasteiger partial charge in [0.05, 0.1) is 12.7 Å². The highest BCUT2D eigenvalue weighted by Gasteiger charge is 2.35. The highest BCUT2D eigenvalue weighted by molar-refractivity contribution is 7.99. The third-order valence-electron chi connectivity index (χ3n) is 2.79. The maximum absolute atomic E-state index is 12.0. The van der Waals surface area contributed by atoms with Crippen LogP contribution >= 0.6 is 11.8 Å². The van der Waals surface area contributed by atoms with Gasteiger partial charge in [0.25, 0.3) is 0 Å². The first-order valence-electron chi connectivity index (χ1n) is 5.69. The molecular formula is C11H22N2OS. The van der Waals surface area contributed by atoms with Crippen LogP contribution < -0.4 is 5.32 Å². The van der Waals surface area contributed by atoms with Gasteiger partial charge in [0, 0.05) is 11.8 Å². The summed E-state index contributed by atoms with van der Waals surface area (Å²) in [6.45, 7) is 9.17. The zero-order valence-electron chi connectivity index (χ0n) is 10.1. The summed E-state index contributed by atoms with van der Waals surface area (Å²) in [6, 6.07) is 0.373. The molecule has 1 amide bonds. The number of nitrogens with zero attached hydrogens (tertiary/aromatic N) is 1. The fourth-order valence-electron chi connectivity index (χ4n) is 1.81. The quantitative estimate of drug-likeness (QED) is 0.777. The van der Waals surface area contributed by atoms with E-state index in [4.69, 9.17) is 0 Å². The van der Waals surface area contributed by atoms with Crippen molar-refractivity contribution in [1.82, 2.24) is 10.2 Å². The van der Waals surface area contributed by atoms with Crippen molar-refractivity contribution < 1.29 is 4.79 Å². The summed E-state index contributed by atoms with van der Waals surface area (Å²) in [6.07, 6.45) is 0. The van der Waals surface area contributed by atoms with Crippen molar-refractivity contribution in [3.63, 3.8) is 0 Å². The van der Waals surface area contributed by atoms with Crippen LogP contribution in [0.3, 0.4) is 0 Å². The van der Waals surface area contributed by atoms with Gasteiger partial charge in [-0.2, -0.15) is 11.8 Å². The first kappa shape index (κ1) is 12.8. The lowest BCUT2D eigenvalue weighted by Gasteiger charge is -2.23. The highest BCUT2D eigenvalue weighted by atomic mass is 32.2. The number of carbonyl (C=O) groups excluding carboxylic acids is 1. The van der Waals surface area contributed by atoms with Gasteiger partial charge in [-0.15, -0.1) is 0 Å². The molecule has 1 heterocycles. The Morgan fingerprint density at radius 1 is 1.53 bits per heavy atom. The van der Waals surface area contributed by atoms with Crippen LogP contribution in [0.25, 0.3) is 0 Å². The van der Waals surface area contributed by atoms with Crippen molar-refractivity contribution >= 4 is 17.7 Å². The van der Waals surface area contributed by atoms with Gasteiger partial charge in [0.15, 0.2) is 0 Å². The minimum Gasteiger partial charge on any atom is -0.325 e. The minimum atomic E-state index is 0.0269. The van der Waals surface area contributed by atoms with Gasteiger partial charge in [-0.05, 0) is 18.6 Å². The van der Waals surface area contributed by atoms with Crippen LogP contribution in [0.4, 0.5) is 0 Å². The van der Waals surface area contributed by atoms with E-state index in [1.807, 2.05) is 16.7 Å². The van der Waals surface area contributed by atoms with E-state index in [9.17, 15) is 4.79 Å². The molecule has 0 aromatic rings. The molecule has 3 nitrogen and oxygen atoms in total. The molecule has 2 unspecified atom stereocenters. The van der Waals surface area contributed by atoms with Gasteiger partial charge < -0.3 is 4.90 Å². The molecule has 2 atom stereocenters. The molecule has 0 spiro atoms. The normalized spacial score (nSPS) is 23.9. The number of carbonyl (C=O) groups is 1. The zero-order valence-corrected chi connectivity index (χ0v) is 10.9. The molecule has 0 bridgehead atoms. The molecule has 0 aliphatic carbocycles. The zero-order chi connectivity index (χ0) is 11.4. The van der Waals surface area contributed by atoms with Crippen LogP contribution in [0.1, 0.15) is 27.7 Å². The molecule has 1 aliphatic rings. The molecule has 0 aromatic carbocycles. The van der Waals surface area contributed by atoms with Crippen molar-refractivity contribution in [2.75, 3.05) is 18.2 Å². The Morgan fingerprint density at radius 2 is 2.20 bits per heavy atom. The average Bonchev–Trinajstić information content (AvgIpc) is 2.56. The van der Waals surface area contributed by atoms with E-state index in [0.29, 0.717) is 18.6 Å². The van der Waals surface area contributed by atoms with Crippen LogP contribution in [0.2, 0.25) is 0 Å². The first-order chi connectivity index (χ1) is 7.07. The van der Waals surface area contributed by atoms with E-state index in [0.717, 1.165) is 11.5 Å². The summed E-state index contributed by atoms with van der Waals surface area (Å²) in [7, 11) is 0. The maximum Gasteiger partial charge on any atom is 0.241 e. The molecule has 15 heavy (non-hydrogen) atoms. The lowest BCUT2D eigenvalue weighted by molar-refractivity contribution is -0.130. The second kappa shape index (κ2) is 5.75. The van der Waals surface area contributed by atoms with E-state index in [1.54, 1.807) is 0 Å². The summed E-state index contributed by atoms with van der Waals surface area (Å²) in [5.41, 5.74) is 0. The van der Waals surface area contributed by atoms with E-state index in [1.165, 1.54) is 0 Å². The minimum absolute atomic E-state index is 0.0269. The van der Waals surface area contributed by atoms with Gasteiger partial charge in [0.2, 0.25) is 5.91 Å². The molecular weight excluding hydrogens is 208 g/mol. The Bertz CT molecular complexity index is 221. The Kier molecular flexibility index (Phi) is 4.93. The molecule has 0 saturated carbocycles. The Balaban J connectivity index is 2.48. The third kappa shape index (κ3) is 3.11. The lowest BCUT2D eigenvalue weighted by Crippen LogP contribution is -2.39. The molecule has 1 rings (SSSR count). The number of hydrogen-bond acceptors (Lipinski definition) is 3. The van der Waals surface area contributed by atoms with E-state index < -0.39 is 0 Å². The Morgan fingerprint density at radius 3 is 2.67 bits per heavy atom. The van der Waals surface area contributed by atoms with Crippen molar-refractivity contribution in [2.24, 2.45) is 5.92 Å². The van der Waals surface area contributed by atoms with E-state index in [-0.39, 0.29) is 11.9 Å². The second-order valence-corrected chi connectivity index (χ2v) is 5.72. The smallest absolute Gasteiger partial charge is 0.241 e. The first-order valence-corrected chi connectivity index (χ1v) is 6.85. The summed E-state index contributed by atoms with van der Waals surface area (Å²) < 4.78 is 0. The number of thioether (sulfide) groups is 1. The molecule has 1 fully saturated rings. The molecule has 88 valence electrons. The van der Waals surface area contributed by atoms with E-state index >= 15 is 0 Å². The fraction of sp³-hybridized carbons (Fsp3) is 0.909. The average molecular weight is 230 g/mol. The summed E-state index contributed by atoms with van der Waals surface area (Å²) in [4.78, 5) is 14.0. The standard InChI is InChI=1S/C11H22N2OS/c1-5-15-6-9(4)13-7-12-10(8(2)3)11(13)14/h8-10,12H,5-7H2,1-4H3. The van der Waals surface area contributed by atoms with Gasteiger partial charge in [-0.25, -0.2) is 0 Å². The highest BCUT2D eigenvalue weighted by Crippen LogP contribution is 2.16. The topological polar surface area (TPSA) is 32.3 Å². The molecule has 1 aliphatic heterocycles. The SMILES string of the molecule is CCSCC(C)N1CNC(C(C)C)C1=O. The summed E-state index contributed by atoms with van der Waals surface area (Å²) in [5, 5.41) is 3.28. The lowest BCUT2D eigenvalue weighted by atomic mass is 10.0. The van der Waals surface area contributed by atoms with Crippen molar-refractivity contribution in [3.05, 3.63) is 0 Å². The molecule has 0 aromatic heterocycles. The Labute approximate surface area is 97.0 Å². The van der Waals surface area contributed by atoms with E-state index in [2.05, 4.69) is 33.0 Å². The molecule has 0 radical (unpaired) electrons. The molecule has 4 heteroatoms. The number of amides is 1. The second-order valence-electron chi connectivity index (χ2n) is 4.40. The van der Waals surface area contributed by atoms with Crippen molar-refractivity contribution in [3.8, 4) is 0 Å². The van der Waals surface area contributed by atoms with Crippen LogP contribution in [-0.2, 0) is 4.79 Å². The van der Waals surface area contributed by atoms with Gasteiger partial charge >= 0.3 is 0 Å². The predicted molar refractivity (Wildman–Crippen MR) is 65.9 cm³/mol. The number of rotatable bonds is 5. The van der Waals surface area contributed by atoms with Crippen molar-refractivity contribution in [1.29, 1.82) is 0 Å². The Hall–Kier alpha value is -0.220. The largest absolute Gasteiger partial charge is 0.325 e. The van der Waals surface area contributed by atoms with Crippen LogP contribution in [0, 0.1) is 5.92 Å². The van der Waals surface area contributed by atoms with Crippen LogP contribution in [0.5, 0.6) is 0 Å². The van der Waals surface area contributed by atoms with Crippen molar-refractivity contribution in [2.45, 2.75) is 39.8 Å². The predicted octanol–water partition coefficient (Wildman–Crippen LogP) is 1.54. The maximum atomic E-state index is 12.0. The number of hydrogen-bond donors (Lipinski definition) is 1. The monoisotopic (exact) mass is 230 g/mol. The summed E-state index contributed by atoms with van der Waals surface area (Å²) in [5.74, 6) is 2.81. The summed E-state index contributed by atoms with van der Waals surface area (Å²) >= 11 is 1.89. The van der Waals surface area contributed by atoms with Crippen LogP contribution in [-0.4, -0.2) is 41.1 Å². The molecule has 1 saturated heterocycles. The van der Waals surface area contributed by atoms with Crippen LogP contribution in [0.15, 0.2) is 0 Å².